The monoisotopic (exact) mass is 417 g/mol. The highest BCUT2D eigenvalue weighted by atomic mass is 16.7. The second-order valence-corrected chi connectivity index (χ2v) is 8.18. The number of anilines is 1. The lowest BCUT2D eigenvalue weighted by Crippen LogP contribution is -2.52. The molecule has 6 heteroatoms. The predicted molar refractivity (Wildman–Crippen MR) is 121 cm³/mol. The Morgan fingerprint density at radius 3 is 2.61 bits per heavy atom. The molecule has 6 nitrogen and oxygen atoms in total. The molecule has 31 heavy (non-hydrogen) atoms. The van der Waals surface area contributed by atoms with Gasteiger partial charge in [0.05, 0.1) is 6.04 Å². The first-order valence-electron chi connectivity index (χ1n) is 10.8. The summed E-state index contributed by atoms with van der Waals surface area (Å²) in [6.45, 7) is 6.79. The summed E-state index contributed by atoms with van der Waals surface area (Å²) in [7, 11) is 0. The van der Waals surface area contributed by atoms with Gasteiger partial charge in [0.25, 0.3) is 0 Å². The van der Waals surface area contributed by atoms with Crippen LogP contribution in [0.4, 0.5) is 5.69 Å². The second kappa shape index (κ2) is 8.57. The van der Waals surface area contributed by atoms with Gasteiger partial charge in [-0.3, -0.25) is 14.6 Å². The van der Waals surface area contributed by atoms with E-state index in [1.165, 1.54) is 16.3 Å². The molecule has 0 aliphatic carbocycles. The average Bonchev–Trinajstić information content (AvgIpc) is 3.27. The molecule has 2 aliphatic heterocycles. The predicted octanol–water partition coefficient (Wildman–Crippen LogP) is 3.71. The number of fused-ring (bicyclic) bond motifs is 2. The maximum absolute atomic E-state index is 12.8. The Labute approximate surface area is 182 Å². The number of hydrogen-bond donors (Lipinski definition) is 1. The van der Waals surface area contributed by atoms with Crippen LogP contribution in [0.15, 0.2) is 60.7 Å². The van der Waals surface area contributed by atoms with Crippen LogP contribution < -0.4 is 14.8 Å². The number of ether oxygens (including phenoxy) is 2. The van der Waals surface area contributed by atoms with Crippen molar-refractivity contribution in [3.63, 3.8) is 0 Å². The molecule has 2 aliphatic rings. The van der Waals surface area contributed by atoms with Gasteiger partial charge in [-0.15, -0.1) is 0 Å². The zero-order chi connectivity index (χ0) is 21.2. The maximum atomic E-state index is 12.8. The van der Waals surface area contributed by atoms with Gasteiger partial charge in [0.15, 0.2) is 11.5 Å². The molecular formula is C25H27N3O3. The fourth-order valence-corrected chi connectivity index (χ4v) is 4.37. The molecule has 1 fully saturated rings. The largest absolute Gasteiger partial charge is 0.454 e. The Morgan fingerprint density at radius 1 is 0.968 bits per heavy atom. The van der Waals surface area contributed by atoms with Gasteiger partial charge < -0.3 is 14.8 Å². The average molecular weight is 418 g/mol. The smallest absolute Gasteiger partial charge is 0.241 e. The molecule has 1 amide bonds. The molecule has 3 aromatic rings. The maximum Gasteiger partial charge on any atom is 0.241 e. The Balaban J connectivity index is 1.17. The number of piperazine rings is 1. The first kappa shape index (κ1) is 19.8. The van der Waals surface area contributed by atoms with Crippen LogP contribution in [0.25, 0.3) is 10.8 Å². The lowest BCUT2D eigenvalue weighted by molar-refractivity contribution is -0.121. The summed E-state index contributed by atoms with van der Waals surface area (Å²) in [6.07, 6.45) is 0. The Bertz CT molecular complexity index is 1090. The van der Waals surface area contributed by atoms with Crippen LogP contribution in [0.3, 0.4) is 0 Å². The molecule has 0 saturated carbocycles. The SMILES string of the molecule is CC(C(=O)Nc1ccc2c(c1)OCO2)N1CCN(Cc2cccc3ccccc23)CC1. The lowest BCUT2D eigenvalue weighted by Gasteiger charge is -2.37. The molecular weight excluding hydrogens is 390 g/mol. The number of carbonyl (C=O) groups is 1. The second-order valence-electron chi connectivity index (χ2n) is 8.18. The van der Waals surface area contributed by atoms with Crippen molar-refractivity contribution in [2.24, 2.45) is 0 Å². The minimum Gasteiger partial charge on any atom is -0.454 e. The van der Waals surface area contributed by atoms with Crippen molar-refractivity contribution < 1.29 is 14.3 Å². The summed E-state index contributed by atoms with van der Waals surface area (Å²) >= 11 is 0. The number of benzene rings is 3. The Hall–Kier alpha value is -3.09. The Morgan fingerprint density at radius 2 is 1.74 bits per heavy atom. The van der Waals surface area contributed by atoms with Crippen LogP contribution in [0, 0.1) is 0 Å². The summed E-state index contributed by atoms with van der Waals surface area (Å²) in [5.41, 5.74) is 2.09. The van der Waals surface area contributed by atoms with E-state index in [4.69, 9.17) is 9.47 Å². The zero-order valence-electron chi connectivity index (χ0n) is 17.7. The van der Waals surface area contributed by atoms with Crippen molar-refractivity contribution in [2.45, 2.75) is 19.5 Å². The van der Waals surface area contributed by atoms with E-state index in [0.717, 1.165) is 38.4 Å². The van der Waals surface area contributed by atoms with E-state index in [1.54, 1.807) is 0 Å². The summed E-state index contributed by atoms with van der Waals surface area (Å²) in [6, 6.07) is 20.4. The first-order chi connectivity index (χ1) is 15.2. The number of hydrogen-bond acceptors (Lipinski definition) is 5. The molecule has 3 aromatic carbocycles. The molecule has 1 N–H and O–H groups in total. The molecule has 0 bridgehead atoms. The fraction of sp³-hybridized carbons (Fsp3) is 0.320. The summed E-state index contributed by atoms with van der Waals surface area (Å²) in [4.78, 5) is 17.5. The molecule has 0 spiro atoms. The number of rotatable bonds is 5. The van der Waals surface area contributed by atoms with Gasteiger partial charge in [0.1, 0.15) is 0 Å². The summed E-state index contributed by atoms with van der Waals surface area (Å²) < 4.78 is 10.7. The molecule has 5 rings (SSSR count). The third-order valence-corrected chi connectivity index (χ3v) is 6.25. The highest BCUT2D eigenvalue weighted by Gasteiger charge is 2.26. The van der Waals surface area contributed by atoms with E-state index >= 15 is 0 Å². The zero-order valence-corrected chi connectivity index (χ0v) is 17.7. The summed E-state index contributed by atoms with van der Waals surface area (Å²) in [5.74, 6) is 1.39. The van der Waals surface area contributed by atoms with Gasteiger partial charge in [-0.05, 0) is 35.4 Å². The van der Waals surface area contributed by atoms with Gasteiger partial charge in [0, 0.05) is 44.5 Å². The molecule has 0 aromatic heterocycles. The minimum atomic E-state index is -0.190. The third kappa shape index (κ3) is 4.22. The topological polar surface area (TPSA) is 54.0 Å². The molecule has 1 unspecified atom stereocenters. The van der Waals surface area contributed by atoms with Crippen molar-refractivity contribution >= 4 is 22.4 Å². The Kier molecular flexibility index (Phi) is 5.49. The standard InChI is InChI=1S/C25H27N3O3/c1-18(25(29)26-21-9-10-23-24(15-21)31-17-30-23)28-13-11-27(12-14-28)16-20-7-4-6-19-5-2-3-8-22(19)20/h2-10,15,18H,11-14,16-17H2,1H3,(H,26,29). The van der Waals surface area contributed by atoms with Crippen molar-refractivity contribution in [3.05, 3.63) is 66.2 Å². The number of nitrogens with one attached hydrogen (secondary N) is 1. The molecule has 2 heterocycles. The van der Waals surface area contributed by atoms with E-state index in [1.807, 2.05) is 25.1 Å². The number of carbonyl (C=O) groups excluding carboxylic acids is 1. The van der Waals surface area contributed by atoms with Gasteiger partial charge in [-0.25, -0.2) is 0 Å². The van der Waals surface area contributed by atoms with Crippen LogP contribution in [-0.2, 0) is 11.3 Å². The van der Waals surface area contributed by atoms with Crippen LogP contribution >= 0.6 is 0 Å². The van der Waals surface area contributed by atoms with Gasteiger partial charge in [0.2, 0.25) is 12.7 Å². The molecule has 0 radical (unpaired) electrons. The van der Waals surface area contributed by atoms with Crippen LogP contribution in [-0.4, -0.2) is 54.7 Å². The molecule has 1 atom stereocenters. The third-order valence-electron chi connectivity index (χ3n) is 6.25. The fourth-order valence-electron chi connectivity index (χ4n) is 4.37. The van der Waals surface area contributed by atoms with E-state index in [0.29, 0.717) is 11.5 Å². The van der Waals surface area contributed by atoms with E-state index in [9.17, 15) is 4.79 Å². The van der Waals surface area contributed by atoms with Crippen LogP contribution in [0.5, 0.6) is 11.5 Å². The molecule has 1 saturated heterocycles. The van der Waals surface area contributed by atoms with Crippen LogP contribution in [0.1, 0.15) is 12.5 Å². The van der Waals surface area contributed by atoms with Crippen molar-refractivity contribution in [2.75, 3.05) is 38.3 Å². The first-order valence-corrected chi connectivity index (χ1v) is 10.8. The highest BCUT2D eigenvalue weighted by molar-refractivity contribution is 5.94. The quantitative estimate of drug-likeness (QED) is 0.686. The van der Waals surface area contributed by atoms with Gasteiger partial charge in [-0.2, -0.15) is 0 Å². The van der Waals surface area contributed by atoms with Gasteiger partial charge >= 0.3 is 0 Å². The minimum absolute atomic E-state index is 0.00127. The lowest BCUT2D eigenvalue weighted by atomic mass is 10.0. The van der Waals surface area contributed by atoms with Crippen molar-refractivity contribution in [1.29, 1.82) is 0 Å². The summed E-state index contributed by atoms with van der Waals surface area (Å²) in [5, 5.41) is 5.62. The van der Waals surface area contributed by atoms with E-state index < -0.39 is 0 Å². The van der Waals surface area contributed by atoms with Crippen LogP contribution in [0.2, 0.25) is 0 Å². The van der Waals surface area contributed by atoms with Crippen molar-refractivity contribution in [1.82, 2.24) is 9.80 Å². The number of nitrogens with zero attached hydrogens (tertiary/aromatic N) is 2. The normalized spacial score (nSPS) is 17.6. The molecule has 160 valence electrons. The highest BCUT2D eigenvalue weighted by Crippen LogP contribution is 2.34. The van der Waals surface area contributed by atoms with E-state index in [-0.39, 0.29) is 18.7 Å². The van der Waals surface area contributed by atoms with E-state index in [2.05, 4.69) is 57.6 Å². The van der Waals surface area contributed by atoms with Crippen molar-refractivity contribution in [3.8, 4) is 11.5 Å². The number of amides is 1. The van der Waals surface area contributed by atoms with Gasteiger partial charge in [-0.1, -0.05) is 42.5 Å².